The van der Waals surface area contributed by atoms with Gasteiger partial charge in [-0.05, 0) is 32.2 Å². The predicted molar refractivity (Wildman–Crippen MR) is 100.0 cm³/mol. The third-order valence-corrected chi connectivity index (χ3v) is 7.73. The number of piperazine rings is 1. The summed E-state index contributed by atoms with van der Waals surface area (Å²) in [5.74, 6) is 0.130. The first-order valence-corrected chi connectivity index (χ1v) is 10.6. The quantitative estimate of drug-likeness (QED) is 0.766. The van der Waals surface area contributed by atoms with Gasteiger partial charge in [-0.1, -0.05) is 19.3 Å². The van der Waals surface area contributed by atoms with Gasteiger partial charge in [0.2, 0.25) is 5.91 Å². The molecular formula is C16H31ClN4O3S. The van der Waals surface area contributed by atoms with Crippen LogP contribution < -0.4 is 5.32 Å². The molecule has 1 aliphatic carbocycles. The van der Waals surface area contributed by atoms with Gasteiger partial charge in [-0.3, -0.25) is 4.79 Å². The number of rotatable bonds is 4. The number of nitrogens with one attached hydrogen (secondary N) is 1. The minimum Gasteiger partial charge on any atom is -0.339 e. The summed E-state index contributed by atoms with van der Waals surface area (Å²) in [6.07, 6.45) is 7.28. The van der Waals surface area contributed by atoms with Crippen molar-refractivity contribution in [3.63, 3.8) is 0 Å². The van der Waals surface area contributed by atoms with Crippen molar-refractivity contribution < 1.29 is 13.2 Å². The van der Waals surface area contributed by atoms with Gasteiger partial charge in [0.05, 0.1) is 6.04 Å². The second kappa shape index (κ2) is 8.99. The second-order valence-electron chi connectivity index (χ2n) is 7.19. The molecule has 3 aliphatic rings. The molecule has 7 nitrogen and oxygen atoms in total. The summed E-state index contributed by atoms with van der Waals surface area (Å²) < 4.78 is 28.8. The molecule has 1 atom stereocenters. The molecule has 1 amide bonds. The molecule has 2 aliphatic heterocycles. The van der Waals surface area contributed by atoms with Crippen LogP contribution in [0.5, 0.6) is 0 Å². The van der Waals surface area contributed by atoms with Gasteiger partial charge in [0.1, 0.15) is 0 Å². The summed E-state index contributed by atoms with van der Waals surface area (Å²) in [5.41, 5.74) is 0. The Bertz CT molecular complexity index is 540. The molecule has 0 aromatic carbocycles. The van der Waals surface area contributed by atoms with E-state index >= 15 is 0 Å². The van der Waals surface area contributed by atoms with E-state index in [0.717, 1.165) is 45.1 Å². The lowest BCUT2D eigenvalue weighted by Crippen LogP contribution is -2.57. The number of hydrogen-bond acceptors (Lipinski definition) is 4. The summed E-state index contributed by atoms with van der Waals surface area (Å²) in [6.45, 7) is 2.69. The molecule has 2 saturated heterocycles. The van der Waals surface area contributed by atoms with Crippen molar-refractivity contribution in [3.05, 3.63) is 0 Å². The number of nitrogens with zero attached hydrogens (tertiary/aromatic N) is 3. The normalized spacial score (nSPS) is 26.6. The number of amides is 1. The van der Waals surface area contributed by atoms with Crippen molar-refractivity contribution in [2.45, 2.75) is 57.0 Å². The third kappa shape index (κ3) is 4.66. The predicted octanol–water partition coefficient (Wildman–Crippen LogP) is 0.814. The standard InChI is InChI=1S/C16H30N4O3S.ClH/c1-18(14-6-3-2-4-7-14)24(22,23)20-12-10-19(11-13-20)16(21)15-8-5-9-17-15;/h14-15,17H,2-13H2,1H3;1H. The highest BCUT2D eigenvalue weighted by atomic mass is 35.5. The summed E-state index contributed by atoms with van der Waals surface area (Å²) in [5, 5.41) is 3.23. The lowest BCUT2D eigenvalue weighted by Gasteiger charge is -2.39. The van der Waals surface area contributed by atoms with Gasteiger partial charge in [-0.15, -0.1) is 12.4 Å². The molecule has 1 N–H and O–H groups in total. The molecule has 0 spiro atoms. The molecule has 1 unspecified atom stereocenters. The van der Waals surface area contributed by atoms with Gasteiger partial charge < -0.3 is 10.2 Å². The van der Waals surface area contributed by atoms with Crippen LogP contribution in [0.1, 0.15) is 44.9 Å². The zero-order valence-electron chi connectivity index (χ0n) is 15.0. The molecule has 0 radical (unpaired) electrons. The fourth-order valence-corrected chi connectivity index (χ4v) is 5.65. The minimum atomic E-state index is -3.42. The van der Waals surface area contributed by atoms with Gasteiger partial charge >= 0.3 is 0 Å². The van der Waals surface area contributed by atoms with Gasteiger partial charge in [-0.25, -0.2) is 0 Å². The first-order chi connectivity index (χ1) is 11.5. The fraction of sp³-hybridized carbons (Fsp3) is 0.938. The smallest absolute Gasteiger partial charge is 0.282 e. The molecule has 0 bridgehead atoms. The van der Waals surface area contributed by atoms with Crippen molar-refractivity contribution >= 4 is 28.5 Å². The Labute approximate surface area is 157 Å². The molecule has 9 heteroatoms. The van der Waals surface area contributed by atoms with E-state index in [2.05, 4.69) is 5.32 Å². The van der Waals surface area contributed by atoms with Crippen LogP contribution in [0.2, 0.25) is 0 Å². The first kappa shape index (κ1) is 20.9. The van der Waals surface area contributed by atoms with Crippen molar-refractivity contribution in [1.82, 2.24) is 18.8 Å². The number of carbonyl (C=O) groups is 1. The molecule has 2 heterocycles. The Hall–Kier alpha value is -0.410. The number of carbonyl (C=O) groups excluding carboxylic acids is 1. The lowest BCUT2D eigenvalue weighted by atomic mass is 9.96. The molecule has 146 valence electrons. The largest absolute Gasteiger partial charge is 0.339 e. The Morgan fingerprint density at radius 2 is 1.64 bits per heavy atom. The zero-order chi connectivity index (χ0) is 17.2. The van der Waals surface area contributed by atoms with E-state index in [1.165, 1.54) is 6.42 Å². The molecule has 25 heavy (non-hydrogen) atoms. The zero-order valence-corrected chi connectivity index (χ0v) is 16.7. The summed E-state index contributed by atoms with van der Waals surface area (Å²) in [4.78, 5) is 14.2. The first-order valence-electron chi connectivity index (χ1n) is 9.25. The Morgan fingerprint density at radius 1 is 1.00 bits per heavy atom. The highest BCUT2D eigenvalue weighted by Gasteiger charge is 2.36. The second-order valence-corrected chi connectivity index (χ2v) is 9.18. The maximum Gasteiger partial charge on any atom is 0.282 e. The average Bonchev–Trinajstić information content (AvgIpc) is 3.16. The molecule has 1 saturated carbocycles. The maximum absolute atomic E-state index is 12.9. The van der Waals surface area contributed by atoms with E-state index in [1.54, 1.807) is 15.7 Å². The Balaban J connectivity index is 0.00000225. The summed E-state index contributed by atoms with van der Waals surface area (Å²) in [6, 6.07) is 0.0594. The van der Waals surface area contributed by atoms with E-state index < -0.39 is 10.2 Å². The van der Waals surface area contributed by atoms with Gasteiger partial charge in [0, 0.05) is 39.3 Å². The third-order valence-electron chi connectivity index (χ3n) is 5.69. The van der Waals surface area contributed by atoms with Crippen LogP contribution in [-0.2, 0) is 15.0 Å². The van der Waals surface area contributed by atoms with Crippen molar-refractivity contribution in [1.29, 1.82) is 0 Å². The Morgan fingerprint density at radius 3 is 2.20 bits per heavy atom. The Kier molecular flexibility index (Phi) is 7.52. The van der Waals surface area contributed by atoms with Crippen LogP contribution in [0.4, 0.5) is 0 Å². The minimum absolute atomic E-state index is 0. The molecule has 0 aromatic heterocycles. The highest BCUT2D eigenvalue weighted by molar-refractivity contribution is 7.86. The van der Waals surface area contributed by atoms with Crippen molar-refractivity contribution in [2.24, 2.45) is 0 Å². The topological polar surface area (TPSA) is 73.0 Å². The highest BCUT2D eigenvalue weighted by Crippen LogP contribution is 2.25. The van der Waals surface area contributed by atoms with Crippen LogP contribution >= 0.6 is 12.4 Å². The van der Waals surface area contributed by atoms with Crippen LogP contribution in [-0.4, -0.2) is 79.7 Å². The summed E-state index contributed by atoms with van der Waals surface area (Å²) >= 11 is 0. The lowest BCUT2D eigenvalue weighted by molar-refractivity contribution is -0.134. The van der Waals surface area contributed by atoms with Gasteiger partial charge in [0.25, 0.3) is 10.2 Å². The summed E-state index contributed by atoms with van der Waals surface area (Å²) in [7, 11) is -1.70. The van der Waals surface area contributed by atoms with Crippen LogP contribution in [0.15, 0.2) is 0 Å². The fourth-order valence-electron chi connectivity index (χ4n) is 4.07. The SMILES string of the molecule is CN(C1CCCCC1)S(=O)(=O)N1CCN(C(=O)C2CCCN2)CC1.Cl. The van der Waals surface area contributed by atoms with E-state index in [4.69, 9.17) is 0 Å². The number of halogens is 1. The van der Waals surface area contributed by atoms with Crippen LogP contribution in [0, 0.1) is 0 Å². The molecule has 0 aromatic rings. The molecule has 3 fully saturated rings. The van der Waals surface area contributed by atoms with E-state index in [0.29, 0.717) is 26.2 Å². The van der Waals surface area contributed by atoms with Crippen LogP contribution in [0.25, 0.3) is 0 Å². The average molecular weight is 395 g/mol. The number of hydrogen-bond donors (Lipinski definition) is 1. The van der Waals surface area contributed by atoms with E-state index in [-0.39, 0.29) is 30.4 Å². The van der Waals surface area contributed by atoms with E-state index in [1.807, 2.05) is 4.90 Å². The van der Waals surface area contributed by atoms with E-state index in [9.17, 15) is 13.2 Å². The van der Waals surface area contributed by atoms with Crippen LogP contribution in [0.3, 0.4) is 0 Å². The van der Waals surface area contributed by atoms with Crippen molar-refractivity contribution in [2.75, 3.05) is 39.8 Å². The maximum atomic E-state index is 12.9. The molecule has 3 rings (SSSR count). The monoisotopic (exact) mass is 394 g/mol. The van der Waals surface area contributed by atoms with Gasteiger partial charge in [-0.2, -0.15) is 17.0 Å². The van der Waals surface area contributed by atoms with Gasteiger partial charge in [0.15, 0.2) is 0 Å². The van der Waals surface area contributed by atoms with Crippen molar-refractivity contribution in [3.8, 4) is 0 Å². The molecular weight excluding hydrogens is 364 g/mol.